The van der Waals surface area contributed by atoms with Crippen molar-refractivity contribution in [3.63, 3.8) is 0 Å². The first-order chi connectivity index (χ1) is 13.9. The van der Waals surface area contributed by atoms with Gasteiger partial charge in [0.15, 0.2) is 0 Å². The van der Waals surface area contributed by atoms with Crippen molar-refractivity contribution in [3.8, 4) is 5.75 Å². The molecule has 2 fully saturated rings. The number of anilines is 1. The lowest BCUT2D eigenvalue weighted by Gasteiger charge is -2.52. The molecule has 1 amide bonds. The molecule has 154 valence electrons. The third kappa shape index (κ3) is 3.72. The molecule has 0 radical (unpaired) electrons. The van der Waals surface area contributed by atoms with Gasteiger partial charge < -0.3 is 9.64 Å². The maximum atomic E-state index is 13.1. The van der Waals surface area contributed by atoms with Gasteiger partial charge in [-0.2, -0.15) is 13.2 Å². The van der Waals surface area contributed by atoms with Crippen LogP contribution < -0.4 is 9.64 Å². The summed E-state index contributed by atoms with van der Waals surface area (Å²) in [5.74, 6) is 0.638. The molecule has 2 aliphatic rings. The molecule has 0 N–H and O–H groups in total. The number of hydrogen-bond donors (Lipinski definition) is 0. The Balaban J connectivity index is 1.64. The molecule has 2 aromatic carbocycles. The Bertz CT molecular complexity index is 855. The molecule has 6 heteroatoms. The summed E-state index contributed by atoms with van der Waals surface area (Å²) in [5.41, 5.74) is 0.798. The molecule has 0 unspecified atom stereocenters. The fourth-order valence-electron chi connectivity index (χ4n) is 4.73. The topological polar surface area (TPSA) is 29.5 Å². The molecular formula is C23H24F3NO2. The number of ether oxygens (including phenoxy) is 1. The van der Waals surface area contributed by atoms with Crippen molar-refractivity contribution in [2.45, 2.75) is 50.2 Å². The van der Waals surface area contributed by atoms with Crippen LogP contribution in [0.5, 0.6) is 5.75 Å². The highest BCUT2D eigenvalue weighted by Gasteiger charge is 2.52. The Morgan fingerprint density at radius 2 is 1.55 bits per heavy atom. The summed E-state index contributed by atoms with van der Waals surface area (Å²) < 4.78 is 44.0. The Labute approximate surface area is 168 Å². The fraction of sp³-hybridized carbons (Fsp3) is 0.435. The lowest BCUT2D eigenvalue weighted by Crippen LogP contribution is -2.63. The average molecular weight is 403 g/mol. The SMILES string of the molecule is COc1ccc(N2C(=O)[C@H](c3ccc(C(F)(F)F)cc3)[C@@H]2C2CCCCC2)cc1. The second-order valence-electron chi connectivity index (χ2n) is 7.89. The van der Waals surface area contributed by atoms with E-state index in [0.717, 1.165) is 49.3 Å². The van der Waals surface area contributed by atoms with Gasteiger partial charge in [-0.15, -0.1) is 0 Å². The van der Waals surface area contributed by atoms with E-state index in [0.29, 0.717) is 11.5 Å². The molecule has 0 bridgehead atoms. The Kier molecular flexibility index (Phi) is 5.28. The van der Waals surface area contributed by atoms with Crippen LogP contribution in [0.25, 0.3) is 0 Å². The molecule has 2 atom stereocenters. The van der Waals surface area contributed by atoms with Gasteiger partial charge in [0.05, 0.1) is 24.6 Å². The van der Waals surface area contributed by atoms with Crippen LogP contribution in [0, 0.1) is 5.92 Å². The zero-order valence-electron chi connectivity index (χ0n) is 16.3. The summed E-state index contributed by atoms with van der Waals surface area (Å²) in [6.45, 7) is 0. The summed E-state index contributed by atoms with van der Waals surface area (Å²) in [6.07, 6.45) is 1.17. The van der Waals surface area contributed by atoms with Gasteiger partial charge in [-0.1, -0.05) is 31.4 Å². The lowest BCUT2D eigenvalue weighted by atomic mass is 9.70. The van der Waals surface area contributed by atoms with E-state index in [1.165, 1.54) is 18.6 Å². The quantitative estimate of drug-likeness (QED) is 0.605. The highest BCUT2D eigenvalue weighted by atomic mass is 19.4. The largest absolute Gasteiger partial charge is 0.497 e. The normalized spacial score (nSPS) is 23.0. The van der Waals surface area contributed by atoms with E-state index in [1.807, 2.05) is 29.2 Å². The maximum absolute atomic E-state index is 13.1. The molecular weight excluding hydrogens is 379 g/mol. The van der Waals surface area contributed by atoms with Gasteiger partial charge in [0.1, 0.15) is 5.75 Å². The van der Waals surface area contributed by atoms with Crippen molar-refractivity contribution in [1.29, 1.82) is 0 Å². The Hall–Kier alpha value is -2.50. The monoisotopic (exact) mass is 403 g/mol. The average Bonchev–Trinajstić information content (AvgIpc) is 2.73. The minimum Gasteiger partial charge on any atom is -0.497 e. The number of hydrogen-bond acceptors (Lipinski definition) is 2. The van der Waals surface area contributed by atoms with Crippen molar-refractivity contribution in [2.24, 2.45) is 5.92 Å². The molecule has 1 saturated heterocycles. The zero-order chi connectivity index (χ0) is 20.6. The third-order valence-electron chi connectivity index (χ3n) is 6.22. The van der Waals surface area contributed by atoms with Crippen molar-refractivity contribution in [3.05, 3.63) is 59.7 Å². The number of β-lactam (4-membered cyclic amide) rings is 1. The van der Waals surface area contributed by atoms with E-state index in [-0.39, 0.29) is 17.9 Å². The van der Waals surface area contributed by atoms with Gasteiger partial charge in [0.25, 0.3) is 0 Å². The van der Waals surface area contributed by atoms with Crippen LogP contribution >= 0.6 is 0 Å². The van der Waals surface area contributed by atoms with Crippen LogP contribution in [0.15, 0.2) is 48.5 Å². The highest BCUT2D eigenvalue weighted by molar-refractivity contribution is 6.06. The molecule has 1 heterocycles. The van der Waals surface area contributed by atoms with Crippen molar-refractivity contribution >= 4 is 11.6 Å². The molecule has 29 heavy (non-hydrogen) atoms. The van der Waals surface area contributed by atoms with Gasteiger partial charge in [-0.05, 0) is 60.7 Å². The number of nitrogens with zero attached hydrogens (tertiary/aromatic N) is 1. The minimum absolute atomic E-state index is 0.0204. The molecule has 1 aliphatic carbocycles. The van der Waals surface area contributed by atoms with Crippen LogP contribution in [0.1, 0.15) is 49.1 Å². The van der Waals surface area contributed by atoms with Gasteiger partial charge in [-0.3, -0.25) is 4.79 Å². The number of alkyl halides is 3. The summed E-state index contributed by atoms with van der Waals surface area (Å²) in [7, 11) is 1.59. The first-order valence-corrected chi connectivity index (χ1v) is 10.0. The summed E-state index contributed by atoms with van der Waals surface area (Å²) >= 11 is 0. The van der Waals surface area contributed by atoms with E-state index in [1.54, 1.807) is 7.11 Å². The Morgan fingerprint density at radius 3 is 2.10 bits per heavy atom. The second kappa shape index (κ2) is 7.73. The first kappa shape index (κ1) is 19.8. The number of amides is 1. The van der Waals surface area contributed by atoms with Gasteiger partial charge in [0.2, 0.25) is 5.91 Å². The van der Waals surface area contributed by atoms with Crippen molar-refractivity contribution in [2.75, 3.05) is 12.0 Å². The van der Waals surface area contributed by atoms with Gasteiger partial charge in [-0.25, -0.2) is 0 Å². The molecule has 1 aliphatic heterocycles. The first-order valence-electron chi connectivity index (χ1n) is 10.0. The van der Waals surface area contributed by atoms with Gasteiger partial charge >= 0.3 is 6.18 Å². The van der Waals surface area contributed by atoms with Crippen LogP contribution in [-0.2, 0) is 11.0 Å². The minimum atomic E-state index is -4.37. The second-order valence-corrected chi connectivity index (χ2v) is 7.89. The number of benzene rings is 2. The van der Waals surface area contributed by atoms with E-state index in [2.05, 4.69) is 0 Å². The molecule has 2 aromatic rings. The van der Waals surface area contributed by atoms with Crippen molar-refractivity contribution < 1.29 is 22.7 Å². The highest BCUT2D eigenvalue weighted by Crippen LogP contribution is 2.47. The Morgan fingerprint density at radius 1 is 0.931 bits per heavy atom. The predicted molar refractivity (Wildman–Crippen MR) is 105 cm³/mol. The van der Waals surface area contributed by atoms with E-state index < -0.39 is 11.7 Å². The smallest absolute Gasteiger partial charge is 0.416 e. The molecule has 0 spiro atoms. The van der Waals surface area contributed by atoms with Crippen LogP contribution in [0.3, 0.4) is 0 Å². The number of halogens is 3. The van der Waals surface area contributed by atoms with Crippen LogP contribution in [0.4, 0.5) is 18.9 Å². The van der Waals surface area contributed by atoms with Crippen LogP contribution in [-0.4, -0.2) is 19.1 Å². The number of rotatable bonds is 4. The number of carbonyl (C=O) groups excluding carboxylic acids is 1. The summed E-state index contributed by atoms with van der Waals surface area (Å²) in [5, 5.41) is 0. The zero-order valence-corrected chi connectivity index (χ0v) is 16.3. The number of carbonyl (C=O) groups is 1. The molecule has 4 rings (SSSR count). The fourth-order valence-corrected chi connectivity index (χ4v) is 4.73. The van der Waals surface area contributed by atoms with E-state index in [4.69, 9.17) is 4.74 Å². The third-order valence-corrected chi connectivity index (χ3v) is 6.22. The van der Waals surface area contributed by atoms with E-state index in [9.17, 15) is 18.0 Å². The van der Waals surface area contributed by atoms with Gasteiger partial charge in [0, 0.05) is 5.69 Å². The van der Waals surface area contributed by atoms with Crippen molar-refractivity contribution in [1.82, 2.24) is 0 Å². The molecule has 0 aromatic heterocycles. The standard InChI is InChI=1S/C23H24F3NO2/c1-29-19-13-11-18(12-14-19)27-21(16-5-3-2-4-6-16)20(22(27)28)15-7-9-17(10-8-15)23(24,25)26/h7-14,16,20-21H,2-6H2,1H3/t20-,21+/m1/s1. The molecule has 1 saturated carbocycles. The van der Waals surface area contributed by atoms with E-state index >= 15 is 0 Å². The molecule has 3 nitrogen and oxygen atoms in total. The number of methoxy groups -OCH3 is 1. The predicted octanol–water partition coefficient (Wildman–Crippen LogP) is 5.79. The summed E-state index contributed by atoms with van der Waals surface area (Å²) in [6, 6.07) is 12.5. The summed E-state index contributed by atoms with van der Waals surface area (Å²) in [4.78, 5) is 15.0. The lowest BCUT2D eigenvalue weighted by molar-refractivity contribution is -0.137. The maximum Gasteiger partial charge on any atom is 0.416 e. The van der Waals surface area contributed by atoms with Crippen LogP contribution in [0.2, 0.25) is 0 Å².